The molecule has 0 saturated carbocycles. The molecular weight excluding hydrogens is 368 g/mol. The Hall–Kier alpha value is -3.30. The van der Waals surface area contributed by atoms with Gasteiger partial charge >= 0.3 is 0 Å². The van der Waals surface area contributed by atoms with E-state index in [4.69, 9.17) is 4.74 Å². The third kappa shape index (κ3) is 2.90. The van der Waals surface area contributed by atoms with Gasteiger partial charge in [-0.1, -0.05) is 42.5 Å². The molecular formula is C24H19ClN2O. The molecule has 2 N–H and O–H groups in total. The van der Waals surface area contributed by atoms with Crippen LogP contribution in [0.15, 0.2) is 79.0 Å². The number of halogens is 1. The zero-order chi connectivity index (χ0) is 18.2. The molecule has 2 heterocycles. The van der Waals surface area contributed by atoms with Gasteiger partial charge in [0.2, 0.25) is 5.69 Å². The van der Waals surface area contributed by atoms with Crippen molar-refractivity contribution in [2.24, 2.45) is 0 Å². The second kappa shape index (κ2) is 7.37. The van der Waals surface area contributed by atoms with Crippen molar-refractivity contribution in [1.82, 2.24) is 4.98 Å². The molecule has 4 aromatic rings. The minimum absolute atomic E-state index is 0. The number of ether oxygens (including phenoxy) is 1. The first-order chi connectivity index (χ1) is 13.3. The van der Waals surface area contributed by atoms with Crippen LogP contribution in [0, 0.1) is 0 Å². The molecule has 0 saturated heterocycles. The SMILES string of the molecule is COc1cccc(C(=C2C=[NH+]c3ccccc32)c2c[nH]c3ccccc23)c1.[Cl-]. The Kier molecular flexibility index (Phi) is 4.76. The van der Waals surface area contributed by atoms with Crippen LogP contribution in [0.3, 0.4) is 0 Å². The maximum Gasteiger partial charge on any atom is 0.211 e. The van der Waals surface area contributed by atoms with Crippen LogP contribution in [0.1, 0.15) is 16.7 Å². The van der Waals surface area contributed by atoms with E-state index in [1.165, 1.54) is 27.7 Å². The van der Waals surface area contributed by atoms with Gasteiger partial charge in [0.05, 0.1) is 18.2 Å². The summed E-state index contributed by atoms with van der Waals surface area (Å²) in [5.74, 6) is 0.852. The van der Waals surface area contributed by atoms with Crippen molar-refractivity contribution in [3.05, 3.63) is 95.7 Å². The van der Waals surface area contributed by atoms with Gasteiger partial charge in [0.1, 0.15) is 5.75 Å². The number of benzene rings is 3. The van der Waals surface area contributed by atoms with Crippen LogP contribution >= 0.6 is 0 Å². The fourth-order valence-corrected chi connectivity index (χ4v) is 3.79. The average Bonchev–Trinajstić information content (AvgIpc) is 3.34. The molecule has 0 amide bonds. The number of para-hydroxylation sites is 2. The molecule has 3 nitrogen and oxygen atoms in total. The lowest BCUT2D eigenvalue weighted by atomic mass is 9.90. The summed E-state index contributed by atoms with van der Waals surface area (Å²) in [5.41, 5.74) is 8.15. The fraction of sp³-hybridized carbons (Fsp3) is 0.0417. The molecule has 0 unspecified atom stereocenters. The van der Waals surface area contributed by atoms with E-state index >= 15 is 0 Å². The summed E-state index contributed by atoms with van der Waals surface area (Å²) < 4.78 is 5.49. The molecule has 0 fully saturated rings. The van der Waals surface area contributed by atoms with Gasteiger partial charge in [-0.05, 0) is 29.8 Å². The lowest BCUT2D eigenvalue weighted by Crippen LogP contribution is -3.00. The highest BCUT2D eigenvalue weighted by molar-refractivity contribution is 6.24. The Morgan fingerprint density at radius 2 is 1.75 bits per heavy atom. The molecule has 0 bridgehead atoms. The van der Waals surface area contributed by atoms with Crippen molar-refractivity contribution in [3.63, 3.8) is 0 Å². The van der Waals surface area contributed by atoms with Crippen LogP contribution in [0.2, 0.25) is 0 Å². The summed E-state index contributed by atoms with van der Waals surface area (Å²) in [7, 11) is 1.70. The van der Waals surface area contributed by atoms with Crippen molar-refractivity contribution in [1.29, 1.82) is 0 Å². The molecule has 1 aromatic heterocycles. The van der Waals surface area contributed by atoms with Crippen molar-refractivity contribution in [2.75, 3.05) is 7.11 Å². The fourth-order valence-electron chi connectivity index (χ4n) is 3.79. The summed E-state index contributed by atoms with van der Waals surface area (Å²) in [6.45, 7) is 0. The number of allylic oxidation sites excluding steroid dienone is 1. The van der Waals surface area contributed by atoms with E-state index < -0.39 is 0 Å². The number of methoxy groups -OCH3 is 1. The maximum atomic E-state index is 5.49. The van der Waals surface area contributed by atoms with E-state index in [2.05, 4.69) is 83.1 Å². The van der Waals surface area contributed by atoms with E-state index in [0.717, 1.165) is 22.5 Å². The van der Waals surface area contributed by atoms with Crippen molar-refractivity contribution in [3.8, 4) is 5.75 Å². The molecule has 4 heteroatoms. The lowest BCUT2D eigenvalue weighted by molar-refractivity contribution is -0.342. The summed E-state index contributed by atoms with van der Waals surface area (Å²) in [4.78, 5) is 6.83. The zero-order valence-electron chi connectivity index (χ0n) is 15.4. The monoisotopic (exact) mass is 386 g/mol. The Labute approximate surface area is 169 Å². The van der Waals surface area contributed by atoms with Gasteiger partial charge in [-0.2, -0.15) is 0 Å². The Morgan fingerprint density at radius 3 is 2.64 bits per heavy atom. The number of hydrogen-bond donors (Lipinski definition) is 2. The van der Waals surface area contributed by atoms with Gasteiger partial charge in [-0.15, -0.1) is 0 Å². The number of H-pyrrole nitrogens is 1. The largest absolute Gasteiger partial charge is 1.00 e. The molecule has 28 heavy (non-hydrogen) atoms. The van der Waals surface area contributed by atoms with Gasteiger partial charge in [0, 0.05) is 34.3 Å². The molecule has 3 aromatic carbocycles. The molecule has 0 aliphatic carbocycles. The number of hydrogen-bond acceptors (Lipinski definition) is 1. The minimum atomic E-state index is 0. The quantitative estimate of drug-likeness (QED) is 0.540. The topological polar surface area (TPSA) is 39.0 Å². The van der Waals surface area contributed by atoms with E-state index in [1.54, 1.807) is 7.11 Å². The highest BCUT2D eigenvalue weighted by Gasteiger charge is 2.24. The van der Waals surface area contributed by atoms with Gasteiger partial charge < -0.3 is 22.1 Å². The normalized spacial score (nSPS) is 13.9. The van der Waals surface area contributed by atoms with Crippen molar-refractivity contribution < 1.29 is 22.1 Å². The summed E-state index contributed by atoms with van der Waals surface area (Å²) in [6.07, 6.45) is 4.20. The van der Waals surface area contributed by atoms with Crippen molar-refractivity contribution in [2.45, 2.75) is 0 Å². The number of rotatable bonds is 3. The highest BCUT2D eigenvalue weighted by Crippen LogP contribution is 2.38. The lowest BCUT2D eigenvalue weighted by Gasteiger charge is -2.11. The molecule has 0 atom stereocenters. The summed E-state index contributed by atoms with van der Waals surface area (Å²) in [6, 6.07) is 25.1. The Bertz CT molecular complexity index is 1220. The van der Waals surface area contributed by atoms with Crippen LogP contribution in [0.5, 0.6) is 5.75 Å². The predicted molar refractivity (Wildman–Crippen MR) is 110 cm³/mol. The average molecular weight is 387 g/mol. The third-order valence-corrected chi connectivity index (χ3v) is 5.08. The summed E-state index contributed by atoms with van der Waals surface area (Å²) >= 11 is 0. The van der Waals surface area contributed by atoms with Gasteiger partial charge in [0.15, 0.2) is 6.21 Å². The summed E-state index contributed by atoms with van der Waals surface area (Å²) in [5, 5.41) is 1.21. The maximum absolute atomic E-state index is 5.49. The van der Waals surface area contributed by atoms with E-state index in [-0.39, 0.29) is 12.4 Å². The third-order valence-electron chi connectivity index (χ3n) is 5.08. The van der Waals surface area contributed by atoms with Gasteiger partial charge in [0.25, 0.3) is 0 Å². The van der Waals surface area contributed by atoms with Crippen LogP contribution in [-0.4, -0.2) is 18.3 Å². The molecule has 5 rings (SSSR count). The number of fused-ring (bicyclic) bond motifs is 2. The first-order valence-corrected chi connectivity index (χ1v) is 8.99. The van der Waals surface area contributed by atoms with Crippen LogP contribution in [0.4, 0.5) is 5.69 Å². The smallest absolute Gasteiger partial charge is 0.211 e. The zero-order valence-corrected chi connectivity index (χ0v) is 16.1. The molecule has 0 spiro atoms. The second-order valence-electron chi connectivity index (χ2n) is 6.60. The Balaban J connectivity index is 0.00000192. The van der Waals surface area contributed by atoms with Gasteiger partial charge in [-0.3, -0.25) is 0 Å². The molecule has 1 aliphatic heterocycles. The molecule has 0 radical (unpaired) electrons. The van der Waals surface area contributed by atoms with Crippen LogP contribution < -0.4 is 22.1 Å². The number of aromatic nitrogens is 1. The van der Waals surface area contributed by atoms with Crippen LogP contribution in [-0.2, 0) is 0 Å². The second-order valence-corrected chi connectivity index (χ2v) is 6.60. The van der Waals surface area contributed by atoms with Gasteiger partial charge in [-0.25, -0.2) is 4.99 Å². The van der Waals surface area contributed by atoms with E-state index in [1.807, 2.05) is 12.1 Å². The number of aromatic amines is 1. The van der Waals surface area contributed by atoms with Crippen LogP contribution in [0.25, 0.3) is 22.0 Å². The first kappa shape index (κ1) is 18.1. The standard InChI is InChI=1S/C24H18N2O.ClH/c1-27-17-8-6-7-16(13-17)24(20-14-25-22-11-4-2-9-18(20)22)21-15-26-23-12-5-3-10-19(21)23;/h2-15,25H,1H3;1H. The number of nitrogens with one attached hydrogen (secondary N) is 2. The van der Waals surface area contributed by atoms with Crippen molar-refractivity contribution >= 4 is 34.0 Å². The Morgan fingerprint density at radius 1 is 0.929 bits per heavy atom. The van der Waals surface area contributed by atoms with E-state index in [9.17, 15) is 0 Å². The first-order valence-electron chi connectivity index (χ1n) is 8.99. The predicted octanol–water partition coefficient (Wildman–Crippen LogP) is 0.936. The minimum Gasteiger partial charge on any atom is -1.00 e. The molecule has 1 aliphatic rings. The molecule has 138 valence electrons. The highest BCUT2D eigenvalue weighted by atomic mass is 35.5. The van der Waals surface area contributed by atoms with E-state index in [0.29, 0.717) is 0 Å².